The van der Waals surface area contributed by atoms with Crippen molar-refractivity contribution in [2.75, 3.05) is 40.8 Å². The molecule has 0 saturated heterocycles. The highest BCUT2D eigenvalue weighted by Crippen LogP contribution is 2.30. The van der Waals surface area contributed by atoms with Gasteiger partial charge in [-0.3, -0.25) is 4.90 Å². The number of nitrogens with zero attached hydrogens (tertiary/aromatic N) is 2. The molecule has 0 aromatic carbocycles. The molecule has 1 rings (SSSR count). The fourth-order valence-electron chi connectivity index (χ4n) is 3.40. The van der Waals surface area contributed by atoms with Gasteiger partial charge >= 0.3 is 0 Å². The summed E-state index contributed by atoms with van der Waals surface area (Å²) in [7, 11) is 6.49. The van der Waals surface area contributed by atoms with Crippen molar-refractivity contribution >= 4 is 0 Å². The average molecular weight is 269 g/mol. The minimum absolute atomic E-state index is 0.691. The summed E-state index contributed by atoms with van der Waals surface area (Å²) in [5, 5.41) is 3.57. The fourth-order valence-corrected chi connectivity index (χ4v) is 3.40. The van der Waals surface area contributed by atoms with E-state index in [9.17, 15) is 0 Å². The van der Waals surface area contributed by atoms with Crippen molar-refractivity contribution in [2.45, 2.75) is 58.0 Å². The molecule has 1 saturated carbocycles. The lowest BCUT2D eigenvalue weighted by Gasteiger charge is -2.43. The Morgan fingerprint density at radius 3 is 2.32 bits per heavy atom. The van der Waals surface area contributed by atoms with Crippen LogP contribution in [0.2, 0.25) is 0 Å². The van der Waals surface area contributed by atoms with Crippen LogP contribution in [-0.4, -0.2) is 62.7 Å². The number of nitrogens with one attached hydrogen (secondary N) is 1. The largest absolute Gasteiger partial charge is 0.315 e. The van der Waals surface area contributed by atoms with Crippen LogP contribution in [0, 0.1) is 5.92 Å². The smallest absolute Gasteiger partial charge is 0.0252 e. The number of likely N-dealkylation sites (N-methyl/N-ethyl adjacent to an activating group) is 2. The molecule has 1 N–H and O–H groups in total. The predicted octanol–water partition coefficient (Wildman–Crippen LogP) is 2.43. The molecule has 0 bridgehead atoms. The molecule has 0 aliphatic heterocycles. The van der Waals surface area contributed by atoms with Crippen LogP contribution < -0.4 is 5.32 Å². The second kappa shape index (κ2) is 8.93. The van der Waals surface area contributed by atoms with Crippen molar-refractivity contribution in [1.29, 1.82) is 0 Å². The molecule has 1 fully saturated rings. The Balaban J connectivity index is 2.65. The van der Waals surface area contributed by atoms with Gasteiger partial charge in [0.25, 0.3) is 0 Å². The summed E-state index contributed by atoms with van der Waals surface area (Å²) in [4.78, 5) is 5.04. The van der Waals surface area contributed by atoms with E-state index in [1.807, 2.05) is 0 Å². The van der Waals surface area contributed by atoms with Crippen molar-refractivity contribution < 1.29 is 0 Å². The van der Waals surface area contributed by atoms with Gasteiger partial charge in [-0.05, 0) is 59.3 Å². The maximum Gasteiger partial charge on any atom is 0.0252 e. The quantitative estimate of drug-likeness (QED) is 0.730. The molecule has 0 heterocycles. The van der Waals surface area contributed by atoms with Crippen molar-refractivity contribution in [2.24, 2.45) is 5.92 Å². The molecule has 1 aliphatic carbocycles. The minimum atomic E-state index is 0.691. The summed E-state index contributed by atoms with van der Waals surface area (Å²) in [6.07, 6.45) is 6.75. The van der Waals surface area contributed by atoms with Crippen molar-refractivity contribution in [1.82, 2.24) is 15.1 Å². The summed E-state index contributed by atoms with van der Waals surface area (Å²) >= 11 is 0. The zero-order valence-electron chi connectivity index (χ0n) is 13.8. The first-order valence-corrected chi connectivity index (χ1v) is 8.18. The first-order chi connectivity index (χ1) is 9.12. The molecule has 19 heavy (non-hydrogen) atoms. The molecule has 0 aromatic heterocycles. The van der Waals surface area contributed by atoms with Gasteiger partial charge in [-0.15, -0.1) is 0 Å². The first kappa shape index (κ1) is 16.9. The molecule has 0 aromatic rings. The van der Waals surface area contributed by atoms with Gasteiger partial charge in [0.15, 0.2) is 0 Å². The SMILES string of the molecule is CCCN(CCN(C)C)C1CC(CC)CCC1NC. The van der Waals surface area contributed by atoms with E-state index in [0.717, 1.165) is 12.0 Å². The molecule has 3 heteroatoms. The first-order valence-electron chi connectivity index (χ1n) is 8.18. The van der Waals surface area contributed by atoms with Crippen molar-refractivity contribution in [3.05, 3.63) is 0 Å². The van der Waals surface area contributed by atoms with Crippen molar-refractivity contribution in [3.8, 4) is 0 Å². The predicted molar refractivity (Wildman–Crippen MR) is 84.7 cm³/mol. The molecule has 0 radical (unpaired) electrons. The van der Waals surface area contributed by atoms with Crippen LogP contribution in [0.4, 0.5) is 0 Å². The highest BCUT2D eigenvalue weighted by atomic mass is 15.2. The highest BCUT2D eigenvalue weighted by Gasteiger charge is 2.32. The van der Waals surface area contributed by atoms with Gasteiger partial charge in [0.05, 0.1) is 0 Å². The van der Waals surface area contributed by atoms with Crippen LogP contribution in [0.5, 0.6) is 0 Å². The standard InChI is InChI=1S/C16H35N3/c1-6-10-19(12-11-18(4)5)16-13-14(7-2)8-9-15(16)17-3/h14-17H,6-13H2,1-5H3. The Hall–Kier alpha value is -0.120. The molecule has 1 aliphatic rings. The van der Waals surface area contributed by atoms with Gasteiger partial charge in [0.1, 0.15) is 0 Å². The minimum Gasteiger partial charge on any atom is -0.315 e. The van der Waals surface area contributed by atoms with E-state index < -0.39 is 0 Å². The maximum absolute atomic E-state index is 3.57. The van der Waals surface area contributed by atoms with E-state index in [4.69, 9.17) is 0 Å². The third-order valence-corrected chi connectivity index (χ3v) is 4.69. The molecular formula is C16H35N3. The van der Waals surface area contributed by atoms with Gasteiger partial charge in [-0.1, -0.05) is 20.3 Å². The fraction of sp³-hybridized carbons (Fsp3) is 1.00. The lowest BCUT2D eigenvalue weighted by atomic mass is 9.80. The number of rotatable bonds is 8. The van der Waals surface area contributed by atoms with Crippen LogP contribution in [0.25, 0.3) is 0 Å². The van der Waals surface area contributed by atoms with Gasteiger partial charge in [-0.25, -0.2) is 0 Å². The van der Waals surface area contributed by atoms with Gasteiger partial charge < -0.3 is 10.2 Å². The van der Waals surface area contributed by atoms with E-state index in [1.165, 1.54) is 51.7 Å². The zero-order valence-corrected chi connectivity index (χ0v) is 13.8. The van der Waals surface area contributed by atoms with Gasteiger partial charge in [0, 0.05) is 25.2 Å². The molecule has 3 nitrogen and oxygen atoms in total. The van der Waals surface area contributed by atoms with E-state index in [0.29, 0.717) is 6.04 Å². The summed E-state index contributed by atoms with van der Waals surface area (Å²) in [5.74, 6) is 0.938. The Morgan fingerprint density at radius 2 is 1.79 bits per heavy atom. The van der Waals surface area contributed by atoms with E-state index in [2.05, 4.69) is 50.1 Å². The third kappa shape index (κ3) is 5.41. The molecule has 0 amide bonds. The third-order valence-electron chi connectivity index (χ3n) is 4.69. The lowest BCUT2D eigenvalue weighted by molar-refractivity contribution is 0.0917. The highest BCUT2D eigenvalue weighted by molar-refractivity contribution is 4.90. The van der Waals surface area contributed by atoms with Gasteiger partial charge in [0.2, 0.25) is 0 Å². The molecule has 3 atom stereocenters. The lowest BCUT2D eigenvalue weighted by Crippen LogP contribution is -2.53. The zero-order chi connectivity index (χ0) is 14.3. The monoisotopic (exact) mass is 269 g/mol. The van der Waals surface area contributed by atoms with Crippen LogP contribution in [0.1, 0.15) is 46.0 Å². The summed E-state index contributed by atoms with van der Waals surface area (Å²) in [5.41, 5.74) is 0. The average Bonchev–Trinajstić information content (AvgIpc) is 2.42. The Kier molecular flexibility index (Phi) is 7.96. The molecule has 0 spiro atoms. The van der Waals surface area contributed by atoms with E-state index in [1.54, 1.807) is 0 Å². The van der Waals surface area contributed by atoms with Crippen LogP contribution >= 0.6 is 0 Å². The van der Waals surface area contributed by atoms with Crippen LogP contribution in [0.15, 0.2) is 0 Å². The van der Waals surface area contributed by atoms with Crippen LogP contribution in [0.3, 0.4) is 0 Å². The van der Waals surface area contributed by atoms with Crippen molar-refractivity contribution in [3.63, 3.8) is 0 Å². The molecule has 114 valence electrons. The topological polar surface area (TPSA) is 18.5 Å². The van der Waals surface area contributed by atoms with Gasteiger partial charge in [-0.2, -0.15) is 0 Å². The van der Waals surface area contributed by atoms with E-state index in [-0.39, 0.29) is 0 Å². The Morgan fingerprint density at radius 1 is 1.05 bits per heavy atom. The second-order valence-electron chi connectivity index (χ2n) is 6.39. The molecular weight excluding hydrogens is 234 g/mol. The Labute approximate surface area is 120 Å². The summed E-state index contributed by atoms with van der Waals surface area (Å²) < 4.78 is 0. The van der Waals surface area contributed by atoms with E-state index >= 15 is 0 Å². The molecule has 3 unspecified atom stereocenters. The Bertz CT molecular complexity index is 230. The maximum atomic E-state index is 3.57. The number of hydrogen-bond acceptors (Lipinski definition) is 3. The van der Waals surface area contributed by atoms with Crippen LogP contribution in [-0.2, 0) is 0 Å². The number of hydrogen-bond donors (Lipinski definition) is 1. The second-order valence-corrected chi connectivity index (χ2v) is 6.39. The normalized spacial score (nSPS) is 28.3. The summed E-state index contributed by atoms with van der Waals surface area (Å²) in [6.45, 7) is 8.28. The summed E-state index contributed by atoms with van der Waals surface area (Å²) in [6, 6.07) is 1.43.